The fourth-order valence-corrected chi connectivity index (χ4v) is 1.10. The maximum atomic E-state index is 4.06. The van der Waals surface area contributed by atoms with Crippen LogP contribution >= 0.6 is 0 Å². The average Bonchev–Trinajstić information content (AvgIpc) is 2.69. The third-order valence-electron chi connectivity index (χ3n) is 1.74. The van der Waals surface area contributed by atoms with Crippen LogP contribution < -0.4 is 0 Å². The van der Waals surface area contributed by atoms with Crippen molar-refractivity contribution in [1.82, 2.24) is 9.78 Å². The van der Waals surface area contributed by atoms with Gasteiger partial charge in [0.25, 0.3) is 0 Å². The van der Waals surface area contributed by atoms with E-state index in [-0.39, 0.29) is 0 Å². The second kappa shape index (κ2) is 3.72. The number of rotatable bonds is 2. The van der Waals surface area contributed by atoms with E-state index in [1.807, 2.05) is 42.7 Å². The maximum Gasteiger partial charge on any atom is 0.0493 e. The van der Waals surface area contributed by atoms with E-state index < -0.39 is 0 Å². The Bertz CT molecular complexity index is 374. The van der Waals surface area contributed by atoms with E-state index in [2.05, 4.69) is 17.2 Å². The summed E-state index contributed by atoms with van der Waals surface area (Å²) in [5.41, 5.74) is 1.18. The SMILES string of the molecule is C(=C/n1cccn1)/c1ccccc1. The monoisotopic (exact) mass is 170 g/mol. The molecule has 0 amide bonds. The van der Waals surface area contributed by atoms with Gasteiger partial charge in [-0.2, -0.15) is 5.10 Å². The smallest absolute Gasteiger partial charge is 0.0493 e. The lowest BCUT2D eigenvalue weighted by Crippen LogP contribution is -1.83. The Balaban J connectivity index is 2.15. The van der Waals surface area contributed by atoms with Crippen molar-refractivity contribution in [3.63, 3.8) is 0 Å². The summed E-state index contributed by atoms with van der Waals surface area (Å²) < 4.78 is 1.77. The van der Waals surface area contributed by atoms with Gasteiger partial charge in [0.1, 0.15) is 0 Å². The first-order chi connectivity index (χ1) is 6.45. The average molecular weight is 170 g/mol. The number of hydrogen-bond donors (Lipinski definition) is 0. The van der Waals surface area contributed by atoms with Crippen LogP contribution in [0.4, 0.5) is 0 Å². The molecular weight excluding hydrogens is 160 g/mol. The van der Waals surface area contributed by atoms with Crippen molar-refractivity contribution in [1.29, 1.82) is 0 Å². The van der Waals surface area contributed by atoms with Crippen LogP contribution in [0.25, 0.3) is 12.3 Å². The van der Waals surface area contributed by atoms with Gasteiger partial charge in [0.2, 0.25) is 0 Å². The van der Waals surface area contributed by atoms with Gasteiger partial charge in [0, 0.05) is 18.6 Å². The first-order valence-electron chi connectivity index (χ1n) is 4.17. The van der Waals surface area contributed by atoms with Crippen molar-refractivity contribution in [2.24, 2.45) is 0 Å². The van der Waals surface area contributed by atoms with E-state index in [0.29, 0.717) is 0 Å². The van der Waals surface area contributed by atoms with Crippen LogP contribution in [0.3, 0.4) is 0 Å². The second-order valence-electron chi connectivity index (χ2n) is 2.71. The third kappa shape index (κ3) is 2.06. The molecule has 2 aromatic rings. The Kier molecular flexibility index (Phi) is 2.23. The Morgan fingerprint density at radius 1 is 1.08 bits per heavy atom. The minimum absolute atomic E-state index is 1.18. The normalized spacial score (nSPS) is 10.8. The summed E-state index contributed by atoms with van der Waals surface area (Å²) in [4.78, 5) is 0. The van der Waals surface area contributed by atoms with Crippen LogP contribution in [0.5, 0.6) is 0 Å². The first-order valence-corrected chi connectivity index (χ1v) is 4.17. The summed E-state index contributed by atoms with van der Waals surface area (Å²) in [6, 6.07) is 12.0. The molecule has 0 aliphatic carbocycles. The molecule has 0 unspecified atom stereocenters. The van der Waals surface area contributed by atoms with E-state index in [1.54, 1.807) is 10.9 Å². The van der Waals surface area contributed by atoms with Crippen molar-refractivity contribution in [3.05, 3.63) is 54.4 Å². The highest BCUT2D eigenvalue weighted by atomic mass is 15.2. The highest BCUT2D eigenvalue weighted by Crippen LogP contribution is 2.01. The fraction of sp³-hybridized carbons (Fsp3) is 0. The van der Waals surface area contributed by atoms with Gasteiger partial charge >= 0.3 is 0 Å². The molecule has 0 fully saturated rings. The van der Waals surface area contributed by atoms with Crippen LogP contribution in [0, 0.1) is 0 Å². The number of benzene rings is 1. The molecule has 0 aliphatic heterocycles. The van der Waals surface area contributed by atoms with Crippen LogP contribution in [0.1, 0.15) is 5.56 Å². The molecule has 2 nitrogen and oxygen atoms in total. The molecule has 0 saturated carbocycles. The molecule has 1 heterocycles. The van der Waals surface area contributed by atoms with Gasteiger partial charge in [-0.05, 0) is 17.7 Å². The maximum absolute atomic E-state index is 4.06. The molecule has 0 saturated heterocycles. The lowest BCUT2D eigenvalue weighted by atomic mass is 10.2. The van der Waals surface area contributed by atoms with Crippen molar-refractivity contribution < 1.29 is 0 Å². The third-order valence-corrected chi connectivity index (χ3v) is 1.74. The van der Waals surface area contributed by atoms with Gasteiger partial charge in [0.15, 0.2) is 0 Å². The lowest BCUT2D eigenvalue weighted by molar-refractivity contribution is 0.938. The molecule has 0 aliphatic rings. The zero-order valence-electron chi connectivity index (χ0n) is 7.17. The van der Waals surface area contributed by atoms with Gasteiger partial charge in [-0.1, -0.05) is 30.3 Å². The molecule has 2 heteroatoms. The van der Waals surface area contributed by atoms with Crippen molar-refractivity contribution in [2.75, 3.05) is 0 Å². The summed E-state index contributed by atoms with van der Waals surface area (Å²) in [6.45, 7) is 0. The summed E-state index contributed by atoms with van der Waals surface area (Å²) >= 11 is 0. The van der Waals surface area contributed by atoms with E-state index >= 15 is 0 Å². The molecule has 0 atom stereocenters. The van der Waals surface area contributed by atoms with Gasteiger partial charge in [-0.3, -0.25) is 0 Å². The number of hydrogen-bond acceptors (Lipinski definition) is 1. The summed E-state index contributed by atoms with van der Waals surface area (Å²) in [7, 11) is 0. The quantitative estimate of drug-likeness (QED) is 0.677. The van der Waals surface area contributed by atoms with E-state index in [9.17, 15) is 0 Å². The van der Waals surface area contributed by atoms with Gasteiger partial charge in [-0.25, -0.2) is 4.68 Å². The van der Waals surface area contributed by atoms with Crippen molar-refractivity contribution in [2.45, 2.75) is 0 Å². The lowest BCUT2D eigenvalue weighted by Gasteiger charge is -1.91. The van der Waals surface area contributed by atoms with Crippen LogP contribution in [0.15, 0.2) is 48.8 Å². The van der Waals surface area contributed by atoms with Gasteiger partial charge in [0.05, 0.1) is 0 Å². The zero-order valence-corrected chi connectivity index (χ0v) is 7.17. The fourth-order valence-electron chi connectivity index (χ4n) is 1.10. The molecule has 0 bridgehead atoms. The van der Waals surface area contributed by atoms with E-state index in [1.165, 1.54) is 5.56 Å². The molecule has 2 rings (SSSR count). The predicted molar refractivity (Wildman–Crippen MR) is 53.9 cm³/mol. The molecular formula is C11H10N2. The number of nitrogens with zero attached hydrogens (tertiary/aromatic N) is 2. The Morgan fingerprint density at radius 2 is 1.92 bits per heavy atom. The largest absolute Gasteiger partial charge is 0.248 e. The zero-order chi connectivity index (χ0) is 8.93. The molecule has 1 aromatic heterocycles. The molecule has 0 N–H and O–H groups in total. The molecule has 0 radical (unpaired) electrons. The molecule has 0 spiro atoms. The second-order valence-corrected chi connectivity index (χ2v) is 2.71. The highest BCUT2D eigenvalue weighted by Gasteiger charge is 1.83. The Hall–Kier alpha value is -1.83. The van der Waals surface area contributed by atoms with E-state index in [4.69, 9.17) is 0 Å². The first kappa shape index (κ1) is 7.80. The van der Waals surface area contributed by atoms with Crippen LogP contribution in [0.2, 0.25) is 0 Å². The topological polar surface area (TPSA) is 17.8 Å². The summed E-state index contributed by atoms with van der Waals surface area (Å²) in [6.07, 6.45) is 7.61. The molecule has 1 aromatic carbocycles. The van der Waals surface area contributed by atoms with Crippen LogP contribution in [-0.4, -0.2) is 9.78 Å². The van der Waals surface area contributed by atoms with Crippen molar-refractivity contribution in [3.8, 4) is 0 Å². The Morgan fingerprint density at radius 3 is 2.62 bits per heavy atom. The molecule has 64 valence electrons. The Labute approximate surface area is 77.1 Å². The van der Waals surface area contributed by atoms with Crippen molar-refractivity contribution >= 4 is 12.3 Å². The highest BCUT2D eigenvalue weighted by molar-refractivity contribution is 5.59. The van der Waals surface area contributed by atoms with Gasteiger partial charge in [-0.15, -0.1) is 0 Å². The molecule has 13 heavy (non-hydrogen) atoms. The minimum atomic E-state index is 1.18. The van der Waals surface area contributed by atoms with Crippen LogP contribution in [-0.2, 0) is 0 Å². The van der Waals surface area contributed by atoms with Gasteiger partial charge < -0.3 is 0 Å². The summed E-state index contributed by atoms with van der Waals surface area (Å²) in [5.74, 6) is 0. The number of aromatic nitrogens is 2. The summed E-state index contributed by atoms with van der Waals surface area (Å²) in [5, 5.41) is 4.06. The predicted octanol–water partition coefficient (Wildman–Crippen LogP) is 2.51. The minimum Gasteiger partial charge on any atom is -0.248 e. The van der Waals surface area contributed by atoms with E-state index in [0.717, 1.165) is 0 Å². The standard InChI is InChI=1S/C11H10N2/c1-2-5-11(6-3-1)7-10-13-9-4-8-12-13/h1-10H/b10-7-.